The van der Waals surface area contributed by atoms with Gasteiger partial charge in [-0.25, -0.2) is 0 Å². The third kappa shape index (κ3) is 6.08. The summed E-state index contributed by atoms with van der Waals surface area (Å²) in [4.78, 5) is 24.8. The van der Waals surface area contributed by atoms with Gasteiger partial charge in [-0.1, -0.05) is 58.2 Å². The van der Waals surface area contributed by atoms with Crippen molar-refractivity contribution in [3.63, 3.8) is 0 Å². The molecule has 2 aromatic carbocycles. The fraction of sp³-hybridized carbons (Fsp3) is 0.200. The molecule has 1 atom stereocenters. The maximum atomic E-state index is 12.5. The van der Waals surface area contributed by atoms with Gasteiger partial charge in [0.25, 0.3) is 5.91 Å². The zero-order chi connectivity index (χ0) is 23.4. The molecule has 0 radical (unpaired) electrons. The Morgan fingerprint density at radius 3 is 2.34 bits per heavy atom. The normalized spacial score (nSPS) is 11.8. The molecule has 2 N–H and O–H groups in total. The maximum Gasteiger partial charge on any atom is 0.253 e. The largest absolute Gasteiger partial charge is 0.342 e. The van der Waals surface area contributed by atoms with Gasteiger partial charge >= 0.3 is 0 Å². The lowest BCUT2D eigenvalue weighted by molar-refractivity contribution is -0.113. The lowest BCUT2D eigenvalue weighted by atomic mass is 10.2. The Kier molecular flexibility index (Phi) is 8.30. The number of nitrogens with zero attached hydrogens (tertiary/aromatic N) is 3. The molecule has 1 aromatic heterocycles. The molecule has 0 aliphatic carbocycles. The summed E-state index contributed by atoms with van der Waals surface area (Å²) in [5, 5.41) is 15.8. The molecule has 0 saturated carbocycles. The first-order chi connectivity index (χ1) is 15.2. The molecular weight excluding hydrogens is 516 g/mol. The third-order valence-electron chi connectivity index (χ3n) is 4.32. The summed E-state index contributed by atoms with van der Waals surface area (Å²) < 4.78 is 1.71. The number of carbonyl (C=O) groups is 2. The number of hydrogen-bond donors (Lipinski definition) is 2. The molecule has 0 aliphatic rings. The molecule has 3 rings (SSSR count). The molecule has 1 heterocycles. The van der Waals surface area contributed by atoms with E-state index >= 15 is 0 Å². The Balaban J connectivity index is 1.60. The number of anilines is 1. The quantitative estimate of drug-likeness (QED) is 0.384. The fourth-order valence-electron chi connectivity index (χ4n) is 2.75. The first kappa shape index (κ1) is 24.7. The molecule has 0 fully saturated rings. The maximum absolute atomic E-state index is 12.5. The number of hydrogen-bond acceptors (Lipinski definition) is 5. The highest BCUT2D eigenvalue weighted by Crippen LogP contribution is 2.26. The second-order valence-corrected chi connectivity index (χ2v) is 9.31. The van der Waals surface area contributed by atoms with Gasteiger partial charge in [-0.3, -0.25) is 9.59 Å². The van der Waals surface area contributed by atoms with Crippen molar-refractivity contribution >= 4 is 75.7 Å². The second-order valence-electron chi connectivity index (χ2n) is 6.68. The van der Waals surface area contributed by atoms with Crippen LogP contribution >= 0.6 is 58.2 Å². The van der Waals surface area contributed by atoms with Gasteiger partial charge in [0.2, 0.25) is 5.91 Å². The first-order valence-electron chi connectivity index (χ1n) is 9.18. The first-order valence-corrected chi connectivity index (χ1v) is 11.7. The number of aromatic nitrogens is 3. The van der Waals surface area contributed by atoms with E-state index in [1.54, 1.807) is 48.9 Å². The molecule has 32 heavy (non-hydrogen) atoms. The van der Waals surface area contributed by atoms with E-state index < -0.39 is 6.04 Å². The summed E-state index contributed by atoms with van der Waals surface area (Å²) >= 11 is 25.1. The highest BCUT2D eigenvalue weighted by Gasteiger charge is 2.20. The van der Waals surface area contributed by atoms with E-state index in [1.165, 1.54) is 17.8 Å². The molecule has 12 heteroatoms. The Morgan fingerprint density at radius 2 is 1.69 bits per heavy atom. The summed E-state index contributed by atoms with van der Waals surface area (Å²) in [7, 11) is 1.75. The minimum Gasteiger partial charge on any atom is -0.342 e. The van der Waals surface area contributed by atoms with Gasteiger partial charge in [-0.15, -0.1) is 10.2 Å². The topological polar surface area (TPSA) is 88.9 Å². The Labute approximate surface area is 208 Å². The van der Waals surface area contributed by atoms with Crippen molar-refractivity contribution in [1.82, 2.24) is 20.1 Å². The van der Waals surface area contributed by atoms with Crippen LogP contribution in [0, 0.1) is 0 Å². The third-order valence-corrected chi connectivity index (χ3v) is 6.43. The predicted octanol–water partition coefficient (Wildman–Crippen LogP) is 5.65. The zero-order valence-electron chi connectivity index (χ0n) is 16.8. The number of carbonyl (C=O) groups excluding carboxylic acids is 2. The van der Waals surface area contributed by atoms with Crippen LogP contribution in [-0.2, 0) is 11.8 Å². The molecule has 7 nitrogen and oxygen atoms in total. The number of halogens is 4. The van der Waals surface area contributed by atoms with Crippen LogP contribution < -0.4 is 10.6 Å². The monoisotopic (exact) mass is 531 g/mol. The van der Waals surface area contributed by atoms with Gasteiger partial charge in [-0.2, -0.15) is 0 Å². The van der Waals surface area contributed by atoms with Crippen LogP contribution in [0.4, 0.5) is 5.69 Å². The van der Waals surface area contributed by atoms with E-state index in [9.17, 15) is 9.59 Å². The van der Waals surface area contributed by atoms with Gasteiger partial charge in [0.05, 0.1) is 33.1 Å². The molecule has 0 spiro atoms. The lowest BCUT2D eigenvalue weighted by Crippen LogP contribution is -2.28. The SMILES string of the molecule is C[C@H](NC(=O)c1ccc(Cl)cc1Cl)c1nnc(SCC(=O)Nc2ccc(Cl)cc2Cl)n1C. The summed E-state index contributed by atoms with van der Waals surface area (Å²) in [6, 6.07) is 9.00. The average Bonchev–Trinajstić information content (AvgIpc) is 3.09. The molecule has 168 valence electrons. The Bertz CT molecular complexity index is 1170. The molecule has 0 aliphatic heterocycles. The van der Waals surface area contributed by atoms with Crippen LogP contribution in [0.5, 0.6) is 0 Å². The van der Waals surface area contributed by atoms with E-state index in [0.29, 0.717) is 37.3 Å². The molecule has 0 unspecified atom stereocenters. The summed E-state index contributed by atoms with van der Waals surface area (Å²) in [6.07, 6.45) is 0. The smallest absolute Gasteiger partial charge is 0.253 e. The number of benzene rings is 2. The van der Waals surface area contributed by atoms with E-state index in [2.05, 4.69) is 20.8 Å². The fourth-order valence-corrected chi connectivity index (χ4v) is 4.42. The number of rotatable bonds is 7. The zero-order valence-corrected chi connectivity index (χ0v) is 20.7. The Morgan fingerprint density at radius 1 is 1.03 bits per heavy atom. The highest BCUT2D eigenvalue weighted by atomic mass is 35.5. The summed E-state index contributed by atoms with van der Waals surface area (Å²) in [5.74, 6) is -0.0170. The van der Waals surface area contributed by atoms with Crippen molar-refractivity contribution in [3.8, 4) is 0 Å². The number of amides is 2. The van der Waals surface area contributed by atoms with Gasteiger partial charge in [0, 0.05) is 17.1 Å². The molecule has 0 saturated heterocycles. The van der Waals surface area contributed by atoms with Crippen molar-refractivity contribution in [3.05, 3.63) is 67.9 Å². The van der Waals surface area contributed by atoms with E-state index in [0.717, 1.165) is 0 Å². The van der Waals surface area contributed by atoms with Gasteiger partial charge < -0.3 is 15.2 Å². The van der Waals surface area contributed by atoms with Crippen molar-refractivity contribution in [2.24, 2.45) is 7.05 Å². The van der Waals surface area contributed by atoms with Gasteiger partial charge in [0.1, 0.15) is 0 Å². The minimum absolute atomic E-state index is 0.0893. The van der Waals surface area contributed by atoms with E-state index in [1.807, 2.05) is 0 Å². The summed E-state index contributed by atoms with van der Waals surface area (Å²) in [5.41, 5.74) is 0.773. The van der Waals surface area contributed by atoms with Crippen molar-refractivity contribution in [2.75, 3.05) is 11.1 Å². The van der Waals surface area contributed by atoms with Crippen molar-refractivity contribution < 1.29 is 9.59 Å². The lowest BCUT2D eigenvalue weighted by Gasteiger charge is -2.14. The minimum atomic E-state index is -0.456. The van der Waals surface area contributed by atoms with Crippen LogP contribution in [-0.4, -0.2) is 32.3 Å². The average molecular weight is 533 g/mol. The van der Waals surface area contributed by atoms with Crippen molar-refractivity contribution in [1.29, 1.82) is 0 Å². The van der Waals surface area contributed by atoms with Gasteiger partial charge in [-0.05, 0) is 43.3 Å². The van der Waals surface area contributed by atoms with Crippen LogP contribution in [0.15, 0.2) is 41.6 Å². The summed E-state index contributed by atoms with van der Waals surface area (Å²) in [6.45, 7) is 1.77. The standard InChI is InChI=1S/C20H17Cl4N5O2S/c1-10(25-19(31)13-5-3-11(21)7-14(13)23)18-27-28-20(29(18)2)32-9-17(30)26-16-6-4-12(22)8-15(16)24/h3-8,10H,9H2,1-2H3,(H,25,31)(H,26,30)/t10-/m0/s1. The van der Waals surface area contributed by atoms with Gasteiger partial charge in [0.15, 0.2) is 11.0 Å². The van der Waals surface area contributed by atoms with Crippen LogP contribution in [0.2, 0.25) is 20.1 Å². The highest BCUT2D eigenvalue weighted by molar-refractivity contribution is 7.99. The molecule has 0 bridgehead atoms. The second kappa shape index (κ2) is 10.8. The number of nitrogens with one attached hydrogen (secondary N) is 2. The number of thioether (sulfide) groups is 1. The van der Waals surface area contributed by atoms with Crippen LogP contribution in [0.3, 0.4) is 0 Å². The van der Waals surface area contributed by atoms with Crippen molar-refractivity contribution in [2.45, 2.75) is 18.1 Å². The van der Waals surface area contributed by atoms with E-state index in [-0.39, 0.29) is 22.6 Å². The molecule has 3 aromatic rings. The van der Waals surface area contributed by atoms with E-state index in [4.69, 9.17) is 46.4 Å². The molecule has 2 amide bonds. The Hall–Kier alpha value is -1.97. The van der Waals surface area contributed by atoms with Crippen LogP contribution in [0.1, 0.15) is 29.1 Å². The predicted molar refractivity (Wildman–Crippen MR) is 129 cm³/mol. The van der Waals surface area contributed by atoms with Crippen LogP contribution in [0.25, 0.3) is 0 Å². The molecular formula is C20H17Cl4N5O2S.